The number of carbonyl (C=O) groups is 1. The maximum absolute atomic E-state index is 12.3. The lowest BCUT2D eigenvalue weighted by molar-refractivity contribution is 0.174. The largest absolute Gasteiger partial charge is 0.454 e. The summed E-state index contributed by atoms with van der Waals surface area (Å²) in [6.45, 7) is 5.08. The van der Waals surface area contributed by atoms with Crippen molar-refractivity contribution in [3.63, 3.8) is 0 Å². The van der Waals surface area contributed by atoms with Crippen molar-refractivity contribution < 1.29 is 14.3 Å². The van der Waals surface area contributed by atoms with E-state index in [4.69, 9.17) is 9.47 Å². The van der Waals surface area contributed by atoms with Crippen LogP contribution in [0.2, 0.25) is 0 Å². The van der Waals surface area contributed by atoms with E-state index in [0.29, 0.717) is 19.4 Å². The molecule has 3 heterocycles. The summed E-state index contributed by atoms with van der Waals surface area (Å²) in [4.78, 5) is 16.8. The monoisotopic (exact) mass is 331 g/mol. The van der Waals surface area contributed by atoms with Gasteiger partial charge >= 0.3 is 6.03 Å². The van der Waals surface area contributed by atoms with Crippen molar-refractivity contribution in [2.45, 2.75) is 31.7 Å². The molecule has 2 fully saturated rings. The normalized spacial score (nSPS) is 23.0. The summed E-state index contributed by atoms with van der Waals surface area (Å²) in [6, 6.07) is 6.58. The van der Waals surface area contributed by atoms with Crippen LogP contribution in [0.25, 0.3) is 0 Å². The molecule has 24 heavy (non-hydrogen) atoms. The molecule has 0 saturated carbocycles. The molecule has 0 aliphatic carbocycles. The highest BCUT2D eigenvalue weighted by Crippen LogP contribution is 2.32. The van der Waals surface area contributed by atoms with E-state index in [-0.39, 0.29) is 6.03 Å². The highest BCUT2D eigenvalue weighted by Gasteiger charge is 2.31. The number of urea groups is 1. The van der Waals surface area contributed by atoms with E-state index in [0.717, 1.165) is 43.0 Å². The van der Waals surface area contributed by atoms with Gasteiger partial charge < -0.3 is 19.7 Å². The van der Waals surface area contributed by atoms with Gasteiger partial charge in [0.25, 0.3) is 0 Å². The number of nitrogens with zero attached hydrogens (tertiary/aromatic N) is 2. The molecule has 3 aliphatic heterocycles. The molecule has 0 spiro atoms. The van der Waals surface area contributed by atoms with E-state index in [1.165, 1.54) is 25.9 Å². The van der Waals surface area contributed by atoms with Crippen LogP contribution in [0.15, 0.2) is 18.2 Å². The smallest absolute Gasteiger partial charge is 0.317 e. The molecule has 2 saturated heterocycles. The Labute approximate surface area is 142 Å². The van der Waals surface area contributed by atoms with Gasteiger partial charge in [0.2, 0.25) is 6.79 Å². The zero-order valence-electron chi connectivity index (χ0n) is 14.0. The second kappa shape index (κ2) is 6.89. The third-order valence-electron chi connectivity index (χ3n) is 5.23. The van der Waals surface area contributed by atoms with Crippen LogP contribution in [-0.4, -0.2) is 61.4 Å². The van der Waals surface area contributed by atoms with Crippen LogP contribution in [0.1, 0.15) is 24.8 Å². The molecule has 6 nitrogen and oxygen atoms in total. The van der Waals surface area contributed by atoms with Crippen molar-refractivity contribution >= 4 is 6.03 Å². The summed E-state index contributed by atoms with van der Waals surface area (Å²) >= 11 is 0. The number of hydrogen-bond acceptors (Lipinski definition) is 4. The fourth-order valence-electron chi connectivity index (χ4n) is 3.85. The number of carbonyl (C=O) groups excluding carboxylic acids is 1. The number of ether oxygens (including phenoxy) is 2. The number of amides is 2. The third kappa shape index (κ3) is 3.29. The van der Waals surface area contributed by atoms with Gasteiger partial charge in [-0.15, -0.1) is 0 Å². The first-order valence-electron chi connectivity index (χ1n) is 8.95. The number of nitrogens with one attached hydrogen (secondary N) is 1. The van der Waals surface area contributed by atoms with Crippen LogP contribution in [0.4, 0.5) is 4.79 Å². The van der Waals surface area contributed by atoms with Crippen LogP contribution in [-0.2, 0) is 6.42 Å². The predicted octanol–water partition coefficient (Wildman–Crippen LogP) is 1.84. The molecule has 0 radical (unpaired) electrons. The minimum Gasteiger partial charge on any atom is -0.454 e. The fourth-order valence-corrected chi connectivity index (χ4v) is 3.85. The van der Waals surface area contributed by atoms with Crippen molar-refractivity contribution in [1.29, 1.82) is 0 Å². The Morgan fingerprint density at radius 3 is 2.88 bits per heavy atom. The third-order valence-corrected chi connectivity index (χ3v) is 5.23. The van der Waals surface area contributed by atoms with Crippen LogP contribution < -0.4 is 14.8 Å². The Bertz CT molecular complexity index is 601. The average Bonchev–Trinajstić information content (AvgIpc) is 3.33. The highest BCUT2D eigenvalue weighted by atomic mass is 16.7. The van der Waals surface area contributed by atoms with Crippen LogP contribution in [0.3, 0.4) is 0 Å². The second-order valence-electron chi connectivity index (χ2n) is 6.80. The van der Waals surface area contributed by atoms with E-state index in [2.05, 4.69) is 10.2 Å². The van der Waals surface area contributed by atoms with Gasteiger partial charge in [-0.1, -0.05) is 6.07 Å². The number of hydrogen-bond donors (Lipinski definition) is 1. The maximum atomic E-state index is 12.3. The van der Waals surface area contributed by atoms with Gasteiger partial charge in [-0.05, 0) is 56.5 Å². The van der Waals surface area contributed by atoms with Crippen molar-refractivity contribution in [2.24, 2.45) is 0 Å². The summed E-state index contributed by atoms with van der Waals surface area (Å²) in [5.74, 6) is 1.60. The standard InChI is InChI=1S/C18H25N3O3/c22-18(21-10-6-15(12-21)20-8-1-2-9-20)19-7-5-14-3-4-16-17(11-14)24-13-23-16/h3-4,11,15H,1-2,5-10,12-13H2,(H,19,22). The average molecular weight is 331 g/mol. The van der Waals surface area contributed by atoms with Crippen molar-refractivity contribution in [1.82, 2.24) is 15.1 Å². The highest BCUT2D eigenvalue weighted by molar-refractivity contribution is 5.74. The Hall–Kier alpha value is -1.95. The van der Waals surface area contributed by atoms with Crippen LogP contribution in [0, 0.1) is 0 Å². The Morgan fingerprint density at radius 1 is 1.17 bits per heavy atom. The molecule has 4 rings (SSSR count). The van der Waals surface area contributed by atoms with E-state index < -0.39 is 0 Å². The molecule has 1 atom stereocenters. The summed E-state index contributed by atoms with van der Waals surface area (Å²) < 4.78 is 10.7. The first-order valence-corrected chi connectivity index (χ1v) is 8.95. The van der Waals surface area contributed by atoms with Gasteiger partial charge in [-0.2, -0.15) is 0 Å². The molecule has 1 aromatic carbocycles. The van der Waals surface area contributed by atoms with E-state index in [9.17, 15) is 4.79 Å². The molecule has 1 unspecified atom stereocenters. The SMILES string of the molecule is O=C(NCCc1ccc2c(c1)OCO2)N1CCC(N2CCCC2)C1. The predicted molar refractivity (Wildman–Crippen MR) is 90.5 cm³/mol. The number of benzene rings is 1. The Kier molecular flexibility index (Phi) is 4.47. The lowest BCUT2D eigenvalue weighted by atomic mass is 10.1. The van der Waals surface area contributed by atoms with Gasteiger partial charge in [-0.25, -0.2) is 4.79 Å². The van der Waals surface area contributed by atoms with Crippen LogP contribution >= 0.6 is 0 Å². The number of fused-ring (bicyclic) bond motifs is 1. The van der Waals surface area contributed by atoms with Gasteiger partial charge in [-0.3, -0.25) is 4.90 Å². The molecule has 2 amide bonds. The van der Waals surface area contributed by atoms with Gasteiger partial charge in [0.15, 0.2) is 11.5 Å². The minimum atomic E-state index is 0.0671. The van der Waals surface area contributed by atoms with Gasteiger partial charge in [0, 0.05) is 25.7 Å². The molecule has 1 aromatic rings. The quantitative estimate of drug-likeness (QED) is 0.915. The molecular formula is C18H25N3O3. The second-order valence-corrected chi connectivity index (χ2v) is 6.80. The fraction of sp³-hybridized carbons (Fsp3) is 0.611. The van der Waals surface area contributed by atoms with Crippen molar-refractivity contribution in [3.05, 3.63) is 23.8 Å². The minimum absolute atomic E-state index is 0.0671. The molecular weight excluding hydrogens is 306 g/mol. The summed E-state index contributed by atoms with van der Waals surface area (Å²) in [7, 11) is 0. The first kappa shape index (κ1) is 15.6. The molecule has 6 heteroatoms. The molecule has 0 bridgehead atoms. The molecule has 130 valence electrons. The number of rotatable bonds is 4. The number of likely N-dealkylation sites (tertiary alicyclic amines) is 2. The van der Waals surface area contributed by atoms with E-state index in [1.807, 2.05) is 23.1 Å². The molecule has 1 N–H and O–H groups in total. The topological polar surface area (TPSA) is 54.0 Å². The lowest BCUT2D eigenvalue weighted by Crippen LogP contribution is -2.42. The lowest BCUT2D eigenvalue weighted by Gasteiger charge is -2.23. The van der Waals surface area contributed by atoms with E-state index >= 15 is 0 Å². The van der Waals surface area contributed by atoms with E-state index in [1.54, 1.807) is 0 Å². The van der Waals surface area contributed by atoms with Crippen molar-refractivity contribution in [2.75, 3.05) is 39.5 Å². The summed E-state index contributed by atoms with van der Waals surface area (Å²) in [5, 5.41) is 3.05. The van der Waals surface area contributed by atoms with Crippen molar-refractivity contribution in [3.8, 4) is 11.5 Å². The maximum Gasteiger partial charge on any atom is 0.317 e. The van der Waals surface area contributed by atoms with Gasteiger partial charge in [0.1, 0.15) is 0 Å². The van der Waals surface area contributed by atoms with Gasteiger partial charge in [0.05, 0.1) is 0 Å². The Morgan fingerprint density at radius 2 is 2.00 bits per heavy atom. The summed E-state index contributed by atoms with van der Waals surface area (Å²) in [5.41, 5.74) is 1.15. The Balaban J connectivity index is 1.22. The first-order chi connectivity index (χ1) is 11.8. The van der Waals surface area contributed by atoms with Crippen LogP contribution in [0.5, 0.6) is 11.5 Å². The molecule has 3 aliphatic rings. The summed E-state index contributed by atoms with van der Waals surface area (Å²) in [6.07, 6.45) is 4.51. The molecule has 0 aromatic heterocycles. The zero-order chi connectivity index (χ0) is 16.4. The zero-order valence-corrected chi connectivity index (χ0v) is 14.0.